The molecule has 13 heteroatoms. The quantitative estimate of drug-likeness (QED) is 0.118. The minimum atomic E-state index is -5.78. The van der Waals surface area contributed by atoms with Gasteiger partial charge in [0, 0.05) is 12.5 Å². The molecule has 4 unspecified atom stereocenters. The van der Waals surface area contributed by atoms with Gasteiger partial charge < -0.3 is 28.4 Å². The molecule has 4 atom stereocenters. The molecule has 0 aromatic rings. The number of ether oxygens (including phenoxy) is 6. The Kier molecular flexibility index (Phi) is 7.94. The van der Waals surface area contributed by atoms with Crippen molar-refractivity contribution in [2.75, 3.05) is 26.9 Å². The third-order valence-corrected chi connectivity index (χ3v) is 8.35. The Morgan fingerprint density at radius 2 is 1.61 bits per heavy atom. The molecule has 1 saturated heterocycles. The summed E-state index contributed by atoms with van der Waals surface area (Å²) in [6.07, 6.45) is -5.26. The maximum atomic E-state index is 16.1. The maximum Gasteiger partial charge on any atom is 0.450 e. The molecule has 4 saturated carbocycles. The smallest absolute Gasteiger partial charge is 0.450 e. The van der Waals surface area contributed by atoms with Gasteiger partial charge in [0.25, 0.3) is 0 Å². The molecule has 0 spiro atoms. The van der Waals surface area contributed by atoms with Crippen LogP contribution in [0, 0.1) is 23.2 Å². The molecule has 0 N–H and O–H groups in total. The number of methoxy groups -OCH3 is 1. The van der Waals surface area contributed by atoms with Gasteiger partial charge in [-0.1, -0.05) is 6.58 Å². The van der Waals surface area contributed by atoms with Gasteiger partial charge in [-0.05, 0) is 70.1 Å². The van der Waals surface area contributed by atoms with E-state index in [2.05, 4.69) is 11.3 Å². The first-order chi connectivity index (χ1) is 17.6. The van der Waals surface area contributed by atoms with Crippen molar-refractivity contribution in [3.05, 3.63) is 12.4 Å². The second-order valence-electron chi connectivity index (χ2n) is 11.3. The highest BCUT2D eigenvalue weighted by Crippen LogP contribution is 2.66. The van der Waals surface area contributed by atoms with Crippen LogP contribution >= 0.6 is 0 Å². The lowest BCUT2D eigenvalue weighted by atomic mass is 9.49. The number of carbonyl (C=O) groups is 1. The molecule has 0 amide bonds. The summed E-state index contributed by atoms with van der Waals surface area (Å²) in [6, 6.07) is 0. The summed E-state index contributed by atoms with van der Waals surface area (Å²) in [4.78, 5) is 11.7. The summed E-state index contributed by atoms with van der Waals surface area (Å²) >= 11 is 0. The van der Waals surface area contributed by atoms with Gasteiger partial charge in [-0.25, -0.2) is 4.79 Å². The van der Waals surface area contributed by atoms with Crippen LogP contribution in [0.3, 0.4) is 0 Å². The van der Waals surface area contributed by atoms with Gasteiger partial charge in [0.2, 0.25) is 5.83 Å². The van der Waals surface area contributed by atoms with E-state index in [-0.39, 0.29) is 31.0 Å². The molecule has 7 nitrogen and oxygen atoms in total. The van der Waals surface area contributed by atoms with Crippen LogP contribution in [-0.2, 0) is 33.2 Å². The zero-order valence-corrected chi connectivity index (χ0v) is 21.6. The van der Waals surface area contributed by atoms with E-state index in [0.29, 0.717) is 26.2 Å². The predicted molar refractivity (Wildman–Crippen MR) is 118 cm³/mol. The van der Waals surface area contributed by atoms with Gasteiger partial charge >= 0.3 is 23.9 Å². The Morgan fingerprint density at radius 1 is 1.05 bits per heavy atom. The van der Waals surface area contributed by atoms with Crippen molar-refractivity contribution in [3.63, 3.8) is 0 Å². The SMILES string of the molecule is C=C(F)C(=O)OCC1(C)OC(C23CC4CC(CC(C4)C2)C3)OC(OC(C)OCCOC)(C(F)(F)F)C1(F)F. The van der Waals surface area contributed by atoms with Crippen LogP contribution < -0.4 is 0 Å². The molecule has 0 aromatic heterocycles. The van der Waals surface area contributed by atoms with E-state index in [4.69, 9.17) is 23.7 Å². The van der Waals surface area contributed by atoms with Crippen molar-refractivity contribution in [2.24, 2.45) is 23.2 Å². The summed E-state index contributed by atoms with van der Waals surface area (Å²) < 4.78 is 120. The summed E-state index contributed by atoms with van der Waals surface area (Å²) in [5, 5.41) is 0. The number of alkyl halides is 5. The van der Waals surface area contributed by atoms with Crippen LogP contribution in [0.4, 0.5) is 26.3 Å². The zero-order valence-electron chi connectivity index (χ0n) is 21.6. The lowest BCUT2D eigenvalue weighted by Gasteiger charge is -2.63. The van der Waals surface area contributed by atoms with Crippen molar-refractivity contribution in [2.45, 2.75) is 88.4 Å². The Balaban J connectivity index is 1.75. The normalized spacial score (nSPS) is 40.7. The van der Waals surface area contributed by atoms with E-state index in [1.807, 2.05) is 0 Å². The second-order valence-corrected chi connectivity index (χ2v) is 11.3. The van der Waals surface area contributed by atoms with Crippen LogP contribution in [-0.4, -0.2) is 69.0 Å². The standard InChI is InChI=1S/C25H34F6O7/c1-14(26)19(32)35-13-21(3)23(27,28)24(25(29,30)31,36-15(2)34-6-5-33-4)38-20(37-21)22-10-16-7-17(11-22)9-18(8-16)12-22/h15-18,20H,1,5-13H2,2-4H3. The van der Waals surface area contributed by atoms with Crippen LogP contribution in [0.1, 0.15) is 52.4 Å². The molecule has 0 aromatic carbocycles. The van der Waals surface area contributed by atoms with Gasteiger partial charge in [0.1, 0.15) is 6.61 Å². The molecule has 5 aliphatic rings. The third-order valence-electron chi connectivity index (χ3n) is 8.35. The molecule has 1 aliphatic heterocycles. The number of halogens is 6. The number of carbonyl (C=O) groups excluding carboxylic acids is 1. The first-order valence-electron chi connectivity index (χ1n) is 12.7. The Hall–Kier alpha value is -1.41. The Morgan fingerprint density at radius 3 is 2.08 bits per heavy atom. The van der Waals surface area contributed by atoms with E-state index in [1.165, 1.54) is 7.11 Å². The van der Waals surface area contributed by atoms with Crippen molar-refractivity contribution in [3.8, 4) is 0 Å². The average molecular weight is 561 g/mol. The monoisotopic (exact) mass is 560 g/mol. The van der Waals surface area contributed by atoms with E-state index in [0.717, 1.165) is 26.2 Å². The fraction of sp³-hybridized carbons (Fsp3) is 0.880. The molecule has 5 fully saturated rings. The van der Waals surface area contributed by atoms with Crippen molar-refractivity contribution in [1.82, 2.24) is 0 Å². The van der Waals surface area contributed by atoms with Gasteiger partial charge in [-0.15, -0.1) is 0 Å². The van der Waals surface area contributed by atoms with E-state index >= 15 is 8.78 Å². The molecule has 38 heavy (non-hydrogen) atoms. The lowest BCUT2D eigenvalue weighted by Crippen LogP contribution is -2.78. The molecule has 5 rings (SSSR count). The lowest BCUT2D eigenvalue weighted by molar-refractivity contribution is -0.553. The molecule has 218 valence electrons. The largest absolute Gasteiger partial charge is 0.457 e. The van der Waals surface area contributed by atoms with Crippen LogP contribution in [0.2, 0.25) is 0 Å². The van der Waals surface area contributed by atoms with Crippen molar-refractivity contribution < 1.29 is 59.6 Å². The minimum absolute atomic E-state index is 0.0240. The van der Waals surface area contributed by atoms with Gasteiger partial charge in [-0.3, -0.25) is 0 Å². The number of hydrogen-bond acceptors (Lipinski definition) is 7. The van der Waals surface area contributed by atoms with Gasteiger partial charge in [0.05, 0.1) is 13.2 Å². The molecule has 4 bridgehead atoms. The minimum Gasteiger partial charge on any atom is -0.457 e. The van der Waals surface area contributed by atoms with Crippen LogP contribution in [0.15, 0.2) is 12.4 Å². The second kappa shape index (κ2) is 10.2. The van der Waals surface area contributed by atoms with Crippen molar-refractivity contribution in [1.29, 1.82) is 0 Å². The van der Waals surface area contributed by atoms with E-state index < -0.39 is 59.9 Å². The molecule has 1 heterocycles. The number of hydrogen-bond donors (Lipinski definition) is 0. The third kappa shape index (κ3) is 4.97. The highest BCUT2D eigenvalue weighted by Gasteiger charge is 2.84. The fourth-order valence-electron chi connectivity index (χ4n) is 7.01. The van der Waals surface area contributed by atoms with E-state index in [1.54, 1.807) is 0 Å². The topological polar surface area (TPSA) is 72.5 Å². The van der Waals surface area contributed by atoms with Crippen LogP contribution in [0.5, 0.6) is 0 Å². The summed E-state index contributed by atoms with van der Waals surface area (Å²) in [6.45, 7) is 2.78. The first kappa shape index (κ1) is 29.6. The fourth-order valence-corrected chi connectivity index (χ4v) is 7.01. The average Bonchev–Trinajstić information content (AvgIpc) is 2.79. The molecular weight excluding hydrogens is 526 g/mol. The number of rotatable bonds is 10. The molecule has 4 aliphatic carbocycles. The molecular formula is C25H34F6O7. The predicted octanol–water partition coefficient (Wildman–Crippen LogP) is 5.28. The van der Waals surface area contributed by atoms with Gasteiger partial charge in [0.15, 0.2) is 18.2 Å². The summed E-state index contributed by atoms with van der Waals surface area (Å²) in [7, 11) is 1.33. The van der Waals surface area contributed by atoms with Crippen molar-refractivity contribution >= 4 is 5.97 Å². The first-order valence-corrected chi connectivity index (χ1v) is 12.7. The summed E-state index contributed by atoms with van der Waals surface area (Å²) in [5.41, 5.74) is -4.08. The molecule has 0 radical (unpaired) electrons. The summed E-state index contributed by atoms with van der Waals surface area (Å²) in [5.74, 6) is -12.1. The maximum absolute atomic E-state index is 16.1. The van der Waals surface area contributed by atoms with Gasteiger partial charge in [-0.2, -0.15) is 26.3 Å². The Labute approximate surface area is 217 Å². The highest BCUT2D eigenvalue weighted by molar-refractivity contribution is 5.85. The zero-order chi connectivity index (χ0) is 28.1. The number of esters is 1. The van der Waals surface area contributed by atoms with Crippen LogP contribution in [0.25, 0.3) is 0 Å². The highest BCUT2D eigenvalue weighted by atomic mass is 19.4. The Bertz CT molecular complexity index is 876. The van der Waals surface area contributed by atoms with E-state index in [9.17, 15) is 22.4 Å².